The van der Waals surface area contributed by atoms with Crippen molar-refractivity contribution in [2.45, 2.75) is 26.7 Å². The summed E-state index contributed by atoms with van der Waals surface area (Å²) < 4.78 is 2.19. The molecule has 0 N–H and O–H groups in total. The van der Waals surface area contributed by atoms with Gasteiger partial charge in [-0.25, -0.2) is 4.98 Å². The summed E-state index contributed by atoms with van der Waals surface area (Å²) in [4.78, 5) is 6.85. The lowest BCUT2D eigenvalue weighted by atomic mass is 10.0. The SMILES string of the molecule is C=C1C=CC(c2cnc3c(Cc4cccc(N(C)C)c4)cccn23)=CC1.CC. The Morgan fingerprint density at radius 3 is 2.64 bits per heavy atom. The minimum atomic E-state index is 0.869. The molecule has 0 saturated carbocycles. The van der Waals surface area contributed by atoms with Crippen molar-refractivity contribution in [3.63, 3.8) is 0 Å². The maximum atomic E-state index is 4.72. The van der Waals surface area contributed by atoms with Crippen molar-refractivity contribution in [2.75, 3.05) is 19.0 Å². The number of hydrogen-bond donors (Lipinski definition) is 0. The summed E-state index contributed by atoms with van der Waals surface area (Å²) in [6.45, 7) is 8.02. The maximum absolute atomic E-state index is 4.72. The number of imidazole rings is 1. The number of anilines is 1. The van der Waals surface area contributed by atoms with Crippen molar-refractivity contribution in [1.29, 1.82) is 0 Å². The Morgan fingerprint density at radius 2 is 1.93 bits per heavy atom. The summed E-state index contributed by atoms with van der Waals surface area (Å²) in [6, 6.07) is 12.9. The zero-order chi connectivity index (χ0) is 20.1. The summed E-state index contributed by atoms with van der Waals surface area (Å²) in [5.74, 6) is 0. The summed E-state index contributed by atoms with van der Waals surface area (Å²) >= 11 is 0. The van der Waals surface area contributed by atoms with Crippen LogP contribution in [0.3, 0.4) is 0 Å². The van der Waals surface area contributed by atoms with Gasteiger partial charge in [0.15, 0.2) is 0 Å². The Morgan fingerprint density at radius 1 is 1.11 bits per heavy atom. The molecule has 1 aliphatic carbocycles. The summed E-state index contributed by atoms with van der Waals surface area (Å²) in [5, 5.41) is 0. The van der Waals surface area contributed by atoms with Gasteiger partial charge in [0.05, 0.1) is 11.9 Å². The first kappa shape index (κ1) is 19.7. The van der Waals surface area contributed by atoms with Crippen LogP contribution in [-0.2, 0) is 6.42 Å². The van der Waals surface area contributed by atoms with Crippen LogP contribution in [0.2, 0.25) is 0 Å². The predicted molar refractivity (Wildman–Crippen MR) is 121 cm³/mol. The highest BCUT2D eigenvalue weighted by Crippen LogP contribution is 2.26. The van der Waals surface area contributed by atoms with E-state index in [0.29, 0.717) is 0 Å². The largest absolute Gasteiger partial charge is 0.378 e. The van der Waals surface area contributed by atoms with E-state index < -0.39 is 0 Å². The topological polar surface area (TPSA) is 20.5 Å². The molecule has 0 fully saturated rings. The first-order chi connectivity index (χ1) is 13.6. The van der Waals surface area contributed by atoms with Crippen LogP contribution in [0.15, 0.2) is 79.2 Å². The second kappa shape index (κ2) is 8.75. The molecule has 3 nitrogen and oxygen atoms in total. The van der Waals surface area contributed by atoms with Crippen LogP contribution in [0, 0.1) is 0 Å². The van der Waals surface area contributed by atoms with Gasteiger partial charge in [-0.1, -0.05) is 62.4 Å². The molecule has 4 rings (SSSR count). The molecule has 2 aromatic heterocycles. The Labute approximate surface area is 168 Å². The lowest BCUT2D eigenvalue weighted by Crippen LogP contribution is -2.08. The van der Waals surface area contributed by atoms with E-state index in [4.69, 9.17) is 4.98 Å². The molecule has 144 valence electrons. The van der Waals surface area contributed by atoms with E-state index in [1.54, 1.807) is 0 Å². The number of rotatable bonds is 4. The van der Waals surface area contributed by atoms with Crippen molar-refractivity contribution < 1.29 is 0 Å². The van der Waals surface area contributed by atoms with Crippen LogP contribution in [0.25, 0.3) is 11.2 Å². The van der Waals surface area contributed by atoms with Crippen LogP contribution in [-0.4, -0.2) is 23.5 Å². The second-order valence-corrected chi connectivity index (χ2v) is 6.97. The van der Waals surface area contributed by atoms with Gasteiger partial charge in [-0.3, -0.25) is 4.40 Å². The number of allylic oxidation sites excluding steroid dienone is 5. The van der Waals surface area contributed by atoms with E-state index in [2.05, 4.69) is 90.8 Å². The van der Waals surface area contributed by atoms with Crippen molar-refractivity contribution in [2.24, 2.45) is 0 Å². The Hall–Kier alpha value is -3.07. The van der Waals surface area contributed by atoms with E-state index in [-0.39, 0.29) is 0 Å². The predicted octanol–water partition coefficient (Wildman–Crippen LogP) is 5.92. The highest BCUT2D eigenvalue weighted by molar-refractivity contribution is 5.76. The first-order valence-corrected chi connectivity index (χ1v) is 9.89. The van der Waals surface area contributed by atoms with Crippen LogP contribution in [0.1, 0.15) is 37.1 Å². The van der Waals surface area contributed by atoms with Crippen molar-refractivity contribution in [3.8, 4) is 0 Å². The van der Waals surface area contributed by atoms with Gasteiger partial charge < -0.3 is 4.90 Å². The molecule has 1 aliphatic rings. The molecule has 0 radical (unpaired) electrons. The third kappa shape index (κ3) is 4.09. The van der Waals surface area contributed by atoms with Crippen LogP contribution in [0.5, 0.6) is 0 Å². The minimum absolute atomic E-state index is 0.869. The lowest BCUT2D eigenvalue weighted by molar-refractivity contribution is 1.09. The summed E-state index contributed by atoms with van der Waals surface area (Å²) in [7, 11) is 4.14. The number of aromatic nitrogens is 2. The molecule has 0 spiro atoms. The van der Waals surface area contributed by atoms with Crippen molar-refractivity contribution in [1.82, 2.24) is 9.38 Å². The molecule has 0 amide bonds. The molecule has 3 aromatic rings. The highest BCUT2D eigenvalue weighted by Gasteiger charge is 2.12. The third-order valence-electron chi connectivity index (χ3n) is 4.82. The van der Waals surface area contributed by atoms with Gasteiger partial charge >= 0.3 is 0 Å². The van der Waals surface area contributed by atoms with E-state index >= 15 is 0 Å². The Bertz CT molecular complexity index is 1030. The van der Waals surface area contributed by atoms with Gasteiger partial charge in [-0.15, -0.1) is 0 Å². The van der Waals surface area contributed by atoms with Gasteiger partial charge in [0, 0.05) is 32.4 Å². The van der Waals surface area contributed by atoms with Crippen LogP contribution < -0.4 is 4.90 Å². The van der Waals surface area contributed by atoms with E-state index in [0.717, 1.165) is 29.8 Å². The normalized spacial score (nSPS) is 13.1. The number of hydrogen-bond acceptors (Lipinski definition) is 2. The number of nitrogens with zero attached hydrogens (tertiary/aromatic N) is 3. The zero-order valence-electron chi connectivity index (χ0n) is 17.3. The molecule has 0 saturated heterocycles. The molecule has 0 unspecified atom stereocenters. The molecule has 1 aromatic carbocycles. The number of benzene rings is 1. The molecule has 0 atom stereocenters. The van der Waals surface area contributed by atoms with Gasteiger partial charge in [0.25, 0.3) is 0 Å². The quantitative estimate of drug-likeness (QED) is 0.568. The average Bonchev–Trinajstić information content (AvgIpc) is 3.15. The maximum Gasteiger partial charge on any atom is 0.140 e. The van der Waals surface area contributed by atoms with Gasteiger partial charge in [-0.2, -0.15) is 0 Å². The van der Waals surface area contributed by atoms with Gasteiger partial charge in [0.1, 0.15) is 5.65 Å². The minimum Gasteiger partial charge on any atom is -0.378 e. The fourth-order valence-electron chi connectivity index (χ4n) is 3.36. The van der Waals surface area contributed by atoms with Crippen molar-refractivity contribution in [3.05, 3.63) is 96.0 Å². The standard InChI is InChI=1S/C23H23N3.C2H6/c1-17-9-11-19(12-10-17)22-16-24-23-20(7-5-13-26(22)23)14-18-6-4-8-21(15-18)25(2)3;1-2/h4-9,11-13,15-16H,1,10,14H2,2-3H3;1-2H3. The van der Waals surface area contributed by atoms with Crippen LogP contribution in [0.4, 0.5) is 5.69 Å². The average molecular weight is 372 g/mol. The van der Waals surface area contributed by atoms with E-state index in [1.165, 1.54) is 22.4 Å². The molecule has 0 aliphatic heterocycles. The smallest absolute Gasteiger partial charge is 0.140 e. The van der Waals surface area contributed by atoms with Gasteiger partial charge in [-0.05, 0) is 41.3 Å². The van der Waals surface area contributed by atoms with Crippen LogP contribution >= 0.6 is 0 Å². The molecule has 3 heteroatoms. The lowest BCUT2D eigenvalue weighted by Gasteiger charge is -2.14. The fourth-order valence-corrected chi connectivity index (χ4v) is 3.36. The molecular weight excluding hydrogens is 342 g/mol. The molecule has 28 heavy (non-hydrogen) atoms. The van der Waals surface area contributed by atoms with Gasteiger partial charge in [0.2, 0.25) is 0 Å². The summed E-state index contributed by atoms with van der Waals surface area (Å²) in [6.07, 6.45) is 12.3. The molecular formula is C25H29N3. The fraction of sp³-hybridized carbons (Fsp3) is 0.240. The second-order valence-electron chi connectivity index (χ2n) is 6.97. The molecule has 2 heterocycles. The Kier molecular flexibility index (Phi) is 6.15. The monoisotopic (exact) mass is 371 g/mol. The highest BCUT2D eigenvalue weighted by atomic mass is 15.1. The van der Waals surface area contributed by atoms with Crippen molar-refractivity contribution >= 4 is 16.9 Å². The summed E-state index contributed by atoms with van der Waals surface area (Å²) in [5.41, 5.74) is 8.25. The number of fused-ring (bicyclic) bond motifs is 1. The third-order valence-corrected chi connectivity index (χ3v) is 4.82. The number of pyridine rings is 1. The molecule has 0 bridgehead atoms. The Balaban J connectivity index is 0.00000109. The first-order valence-electron chi connectivity index (χ1n) is 9.89. The van der Waals surface area contributed by atoms with E-state index in [9.17, 15) is 0 Å². The zero-order valence-corrected chi connectivity index (χ0v) is 17.3. The van der Waals surface area contributed by atoms with E-state index in [1.807, 2.05) is 20.0 Å².